The highest BCUT2D eigenvalue weighted by atomic mass is 16.5. The monoisotopic (exact) mass is 435 g/mol. The van der Waals surface area contributed by atoms with Crippen molar-refractivity contribution in [1.29, 1.82) is 0 Å². The van der Waals surface area contributed by atoms with Crippen LogP contribution in [0.25, 0.3) is 0 Å². The molecule has 2 aromatic carbocycles. The molecular weight excluding hydrogens is 410 g/mol. The standard InChI is InChI=1S/C24H25N3O5/c1-4-12-26-20(22(29)27(24(26)31)19-11-6-8-16(3)13-19)15-21(28)25-18-10-7-9-17(14-18)23(30)32-5-2/h4,6-11,13-14,20H,1,5,12,15H2,2-3H3,(H,25,28)/t20-/m1/s1. The molecule has 0 unspecified atom stereocenters. The highest BCUT2D eigenvalue weighted by Crippen LogP contribution is 2.27. The fourth-order valence-electron chi connectivity index (χ4n) is 3.51. The average molecular weight is 435 g/mol. The van der Waals surface area contributed by atoms with E-state index in [1.165, 1.54) is 17.0 Å². The van der Waals surface area contributed by atoms with Crippen LogP contribution in [0.1, 0.15) is 29.3 Å². The maximum absolute atomic E-state index is 13.1. The molecular formula is C24H25N3O5. The predicted molar refractivity (Wildman–Crippen MR) is 120 cm³/mol. The quantitative estimate of drug-likeness (QED) is 0.389. The van der Waals surface area contributed by atoms with E-state index in [0.717, 1.165) is 10.5 Å². The minimum absolute atomic E-state index is 0.128. The van der Waals surface area contributed by atoms with Crippen molar-refractivity contribution in [1.82, 2.24) is 4.90 Å². The number of hydrogen-bond donors (Lipinski definition) is 1. The summed E-state index contributed by atoms with van der Waals surface area (Å²) in [4.78, 5) is 53.1. The summed E-state index contributed by atoms with van der Waals surface area (Å²) >= 11 is 0. The van der Waals surface area contributed by atoms with Gasteiger partial charge in [0.05, 0.1) is 24.3 Å². The summed E-state index contributed by atoms with van der Waals surface area (Å²) in [5.74, 6) is -1.43. The molecule has 2 aromatic rings. The molecule has 0 saturated carbocycles. The Hall–Kier alpha value is -3.94. The molecule has 1 atom stereocenters. The highest BCUT2D eigenvalue weighted by Gasteiger charge is 2.46. The Kier molecular flexibility index (Phi) is 7.04. The Labute approximate surface area is 186 Å². The second-order valence-corrected chi connectivity index (χ2v) is 7.31. The first-order chi connectivity index (χ1) is 15.3. The van der Waals surface area contributed by atoms with Crippen LogP contribution in [0.4, 0.5) is 16.2 Å². The fourth-order valence-corrected chi connectivity index (χ4v) is 3.51. The summed E-state index contributed by atoms with van der Waals surface area (Å²) in [6.45, 7) is 7.59. The van der Waals surface area contributed by atoms with Crippen molar-refractivity contribution in [2.75, 3.05) is 23.4 Å². The minimum Gasteiger partial charge on any atom is -0.462 e. The van der Waals surface area contributed by atoms with Crippen LogP contribution in [-0.2, 0) is 14.3 Å². The van der Waals surface area contributed by atoms with Crippen LogP contribution in [0.3, 0.4) is 0 Å². The Bertz CT molecular complexity index is 1070. The lowest BCUT2D eigenvalue weighted by molar-refractivity contribution is -0.124. The van der Waals surface area contributed by atoms with Crippen LogP contribution in [0.2, 0.25) is 0 Å². The Morgan fingerprint density at radius 2 is 1.91 bits per heavy atom. The van der Waals surface area contributed by atoms with Gasteiger partial charge in [-0.25, -0.2) is 14.5 Å². The van der Waals surface area contributed by atoms with Gasteiger partial charge < -0.3 is 15.0 Å². The summed E-state index contributed by atoms with van der Waals surface area (Å²) in [5.41, 5.74) is 2.05. The third-order valence-electron chi connectivity index (χ3n) is 4.94. The molecule has 166 valence electrons. The van der Waals surface area contributed by atoms with Crippen molar-refractivity contribution in [2.24, 2.45) is 0 Å². The van der Waals surface area contributed by atoms with E-state index in [1.54, 1.807) is 43.3 Å². The zero-order chi connectivity index (χ0) is 23.3. The zero-order valence-electron chi connectivity index (χ0n) is 18.0. The first-order valence-electron chi connectivity index (χ1n) is 10.2. The number of carbonyl (C=O) groups excluding carboxylic acids is 4. The SMILES string of the molecule is C=CCN1C(=O)N(c2cccc(C)c2)C(=O)[C@H]1CC(=O)Nc1cccc(C(=O)OCC)c1. The van der Waals surface area contributed by atoms with Gasteiger partial charge in [0.1, 0.15) is 6.04 Å². The average Bonchev–Trinajstić information content (AvgIpc) is 2.98. The molecule has 0 aliphatic carbocycles. The second-order valence-electron chi connectivity index (χ2n) is 7.31. The number of benzene rings is 2. The van der Waals surface area contributed by atoms with E-state index >= 15 is 0 Å². The summed E-state index contributed by atoms with van der Waals surface area (Å²) in [6.07, 6.45) is 1.28. The smallest absolute Gasteiger partial charge is 0.338 e. The molecule has 1 saturated heterocycles. The van der Waals surface area contributed by atoms with Gasteiger partial charge in [-0.1, -0.05) is 24.3 Å². The van der Waals surface area contributed by atoms with Gasteiger partial charge >= 0.3 is 12.0 Å². The van der Waals surface area contributed by atoms with E-state index in [9.17, 15) is 19.2 Å². The minimum atomic E-state index is -0.964. The third-order valence-corrected chi connectivity index (χ3v) is 4.94. The van der Waals surface area contributed by atoms with Crippen molar-refractivity contribution >= 4 is 35.2 Å². The summed E-state index contributed by atoms with van der Waals surface area (Å²) in [7, 11) is 0. The van der Waals surface area contributed by atoms with Crippen LogP contribution >= 0.6 is 0 Å². The molecule has 0 aromatic heterocycles. The van der Waals surface area contributed by atoms with E-state index in [0.29, 0.717) is 16.9 Å². The van der Waals surface area contributed by atoms with Gasteiger partial charge in [-0.3, -0.25) is 9.59 Å². The van der Waals surface area contributed by atoms with Gasteiger partial charge in [0, 0.05) is 12.2 Å². The number of amides is 4. The van der Waals surface area contributed by atoms with E-state index in [1.807, 2.05) is 13.0 Å². The van der Waals surface area contributed by atoms with Crippen molar-refractivity contribution in [3.63, 3.8) is 0 Å². The molecule has 0 spiro atoms. The van der Waals surface area contributed by atoms with Gasteiger partial charge in [0.15, 0.2) is 0 Å². The molecule has 1 aliphatic rings. The summed E-state index contributed by atoms with van der Waals surface area (Å²) < 4.78 is 4.97. The molecule has 1 N–H and O–H groups in total. The molecule has 0 radical (unpaired) electrons. The van der Waals surface area contributed by atoms with E-state index in [2.05, 4.69) is 11.9 Å². The molecule has 8 heteroatoms. The van der Waals surface area contributed by atoms with E-state index in [4.69, 9.17) is 4.74 Å². The molecule has 4 amide bonds. The van der Waals surface area contributed by atoms with Gasteiger partial charge in [0.25, 0.3) is 5.91 Å². The number of esters is 1. The normalized spacial score (nSPS) is 15.6. The van der Waals surface area contributed by atoms with Gasteiger partial charge in [-0.2, -0.15) is 0 Å². The lowest BCUT2D eigenvalue weighted by atomic mass is 10.1. The number of hydrogen-bond acceptors (Lipinski definition) is 5. The van der Waals surface area contributed by atoms with Crippen molar-refractivity contribution in [2.45, 2.75) is 26.3 Å². The number of anilines is 2. The third kappa shape index (κ3) is 4.85. The molecule has 1 heterocycles. The number of nitrogens with zero attached hydrogens (tertiary/aromatic N) is 2. The lowest BCUT2D eigenvalue weighted by Crippen LogP contribution is -2.38. The number of carbonyl (C=O) groups is 4. The van der Waals surface area contributed by atoms with E-state index in [-0.39, 0.29) is 19.6 Å². The second kappa shape index (κ2) is 9.91. The van der Waals surface area contributed by atoms with Crippen LogP contribution in [-0.4, -0.2) is 47.9 Å². The molecule has 0 bridgehead atoms. The number of nitrogens with one attached hydrogen (secondary N) is 1. The Balaban J connectivity index is 1.77. The van der Waals surface area contributed by atoms with Gasteiger partial charge in [-0.15, -0.1) is 6.58 Å². The van der Waals surface area contributed by atoms with E-state index < -0.39 is 29.9 Å². The maximum Gasteiger partial charge on any atom is 0.338 e. The number of urea groups is 1. The largest absolute Gasteiger partial charge is 0.462 e. The van der Waals surface area contributed by atoms with Crippen LogP contribution < -0.4 is 10.2 Å². The van der Waals surface area contributed by atoms with Gasteiger partial charge in [-0.05, 0) is 49.7 Å². The van der Waals surface area contributed by atoms with Crippen molar-refractivity contribution in [3.05, 3.63) is 72.3 Å². The topological polar surface area (TPSA) is 96.0 Å². The number of aryl methyl sites for hydroxylation is 1. The van der Waals surface area contributed by atoms with Crippen molar-refractivity contribution in [3.8, 4) is 0 Å². The molecule has 1 fully saturated rings. The van der Waals surface area contributed by atoms with Crippen molar-refractivity contribution < 1.29 is 23.9 Å². The first-order valence-corrected chi connectivity index (χ1v) is 10.2. The summed E-state index contributed by atoms with van der Waals surface area (Å²) in [5, 5.41) is 2.69. The Morgan fingerprint density at radius 3 is 2.59 bits per heavy atom. The lowest BCUT2D eigenvalue weighted by Gasteiger charge is -2.19. The Morgan fingerprint density at radius 1 is 1.16 bits per heavy atom. The maximum atomic E-state index is 13.1. The molecule has 32 heavy (non-hydrogen) atoms. The number of imide groups is 1. The van der Waals surface area contributed by atoms with Crippen LogP contribution in [0.5, 0.6) is 0 Å². The summed E-state index contributed by atoms with van der Waals surface area (Å²) in [6, 6.07) is 11.9. The highest BCUT2D eigenvalue weighted by molar-refractivity contribution is 6.22. The number of rotatable bonds is 8. The first kappa shape index (κ1) is 22.7. The van der Waals surface area contributed by atoms with Gasteiger partial charge in [0.2, 0.25) is 5.91 Å². The zero-order valence-corrected chi connectivity index (χ0v) is 18.0. The van der Waals surface area contributed by atoms with Crippen LogP contribution in [0, 0.1) is 6.92 Å². The van der Waals surface area contributed by atoms with Crippen LogP contribution in [0.15, 0.2) is 61.2 Å². The molecule has 8 nitrogen and oxygen atoms in total. The number of ether oxygens (including phenoxy) is 1. The fraction of sp³-hybridized carbons (Fsp3) is 0.250. The molecule has 1 aliphatic heterocycles. The molecule has 3 rings (SSSR count). The predicted octanol–water partition coefficient (Wildman–Crippen LogP) is 3.52.